The minimum atomic E-state index is -0.214. The molecule has 1 saturated heterocycles. The molecule has 0 bridgehead atoms. The first-order valence-corrected chi connectivity index (χ1v) is 12.7. The Morgan fingerprint density at radius 3 is 2.63 bits per heavy atom. The van der Waals surface area contributed by atoms with Gasteiger partial charge in [-0.1, -0.05) is 55.8 Å². The Hall–Kier alpha value is -2.83. The lowest BCUT2D eigenvalue weighted by atomic mass is 9.76. The van der Waals surface area contributed by atoms with Gasteiger partial charge in [-0.15, -0.1) is 0 Å². The fourth-order valence-electron chi connectivity index (χ4n) is 4.74. The van der Waals surface area contributed by atoms with E-state index in [4.69, 9.17) is 21.1 Å². The number of nitrogens with zero attached hydrogens (tertiary/aromatic N) is 2. The molecule has 1 aromatic heterocycles. The molecule has 7 heteroatoms. The summed E-state index contributed by atoms with van der Waals surface area (Å²) in [5.74, 6) is 1.56. The normalized spacial score (nSPS) is 20.1. The van der Waals surface area contributed by atoms with Crippen LogP contribution in [0.3, 0.4) is 0 Å². The predicted molar refractivity (Wildman–Crippen MR) is 139 cm³/mol. The van der Waals surface area contributed by atoms with E-state index in [1.165, 1.54) is 0 Å². The van der Waals surface area contributed by atoms with E-state index in [2.05, 4.69) is 30.3 Å². The first-order valence-electron chi connectivity index (χ1n) is 12.3. The van der Waals surface area contributed by atoms with Crippen LogP contribution in [0.4, 0.5) is 5.69 Å². The van der Waals surface area contributed by atoms with E-state index in [0.29, 0.717) is 35.8 Å². The lowest BCUT2D eigenvalue weighted by Crippen LogP contribution is -2.31. The van der Waals surface area contributed by atoms with Gasteiger partial charge in [0.2, 0.25) is 0 Å². The zero-order valence-electron chi connectivity index (χ0n) is 20.8. The molecule has 1 aliphatic rings. The van der Waals surface area contributed by atoms with Crippen LogP contribution in [-0.4, -0.2) is 28.9 Å². The number of rotatable bonds is 8. The summed E-state index contributed by atoms with van der Waals surface area (Å²) in [6.45, 7) is 9.70. The molecule has 2 aromatic carbocycles. The minimum Gasteiger partial charge on any atom is -0.484 e. The summed E-state index contributed by atoms with van der Waals surface area (Å²) in [6.07, 6.45) is 2.87. The summed E-state index contributed by atoms with van der Waals surface area (Å²) in [5, 5.41) is 8.01. The van der Waals surface area contributed by atoms with Crippen molar-refractivity contribution >= 4 is 23.2 Å². The molecule has 3 aromatic rings. The fraction of sp³-hybridized carbons (Fsp3) is 0.429. The number of hydrogen-bond acceptors (Lipinski definition) is 4. The summed E-state index contributed by atoms with van der Waals surface area (Å²) < 4.78 is 13.9. The second-order valence-electron chi connectivity index (χ2n) is 9.51. The first kappa shape index (κ1) is 25.3. The van der Waals surface area contributed by atoms with Gasteiger partial charge in [-0.25, -0.2) is 0 Å². The molecule has 2 heterocycles. The molecular weight excluding hydrogens is 462 g/mol. The molecule has 1 amide bonds. The third-order valence-corrected chi connectivity index (χ3v) is 7.09. The number of anilines is 1. The van der Waals surface area contributed by atoms with E-state index in [0.717, 1.165) is 34.8 Å². The number of hydrogen-bond donors (Lipinski definition) is 1. The van der Waals surface area contributed by atoms with Crippen LogP contribution in [0.5, 0.6) is 5.75 Å². The molecule has 35 heavy (non-hydrogen) atoms. The van der Waals surface area contributed by atoms with Crippen molar-refractivity contribution in [3.05, 3.63) is 76.6 Å². The summed E-state index contributed by atoms with van der Waals surface area (Å²) in [5.41, 5.74) is 3.78. The van der Waals surface area contributed by atoms with E-state index >= 15 is 0 Å². The standard InChI is InChI=1S/C28H34ClN3O3/c1-5-32-15-26(19(4)31-32)30-27(33)17-34-22-12-10-20(11-13-22)28-24(18(2)3)14-21(16-35-28)23-8-6-7-9-25(23)29/h6-13,15,18,21,24,28H,5,14,16-17H2,1-4H3,(H,30,33)/t21-,24-,28-/m0/s1. The molecule has 1 N–H and O–H groups in total. The Kier molecular flexibility index (Phi) is 8.14. The maximum absolute atomic E-state index is 12.3. The van der Waals surface area contributed by atoms with Crippen LogP contribution in [-0.2, 0) is 16.1 Å². The van der Waals surface area contributed by atoms with Gasteiger partial charge in [0.1, 0.15) is 5.75 Å². The molecule has 6 nitrogen and oxygen atoms in total. The molecule has 1 aliphatic heterocycles. The van der Waals surface area contributed by atoms with Crippen molar-refractivity contribution in [2.24, 2.45) is 11.8 Å². The van der Waals surface area contributed by atoms with Crippen molar-refractivity contribution in [3.8, 4) is 5.75 Å². The second kappa shape index (κ2) is 11.3. The number of halogens is 1. The number of carbonyl (C=O) groups excluding carboxylic acids is 1. The largest absolute Gasteiger partial charge is 0.484 e. The predicted octanol–water partition coefficient (Wildman–Crippen LogP) is 6.40. The molecule has 186 valence electrons. The highest BCUT2D eigenvalue weighted by Gasteiger charge is 2.35. The molecule has 1 fully saturated rings. The summed E-state index contributed by atoms with van der Waals surface area (Å²) in [4.78, 5) is 12.3. The molecular formula is C28H34ClN3O3. The Labute approximate surface area is 212 Å². The van der Waals surface area contributed by atoms with Crippen molar-refractivity contribution < 1.29 is 14.3 Å². The van der Waals surface area contributed by atoms with Crippen LogP contribution in [0.2, 0.25) is 5.02 Å². The topological polar surface area (TPSA) is 65.4 Å². The van der Waals surface area contributed by atoms with Crippen molar-refractivity contribution in [1.29, 1.82) is 0 Å². The third kappa shape index (κ3) is 6.06. The Balaban J connectivity index is 1.36. The Bertz CT molecular complexity index is 1140. The lowest BCUT2D eigenvalue weighted by Gasteiger charge is -2.39. The number of ether oxygens (including phenoxy) is 2. The van der Waals surface area contributed by atoms with Crippen molar-refractivity contribution in [3.63, 3.8) is 0 Å². The summed E-state index contributed by atoms with van der Waals surface area (Å²) in [6, 6.07) is 16.0. The van der Waals surface area contributed by atoms with Crippen molar-refractivity contribution in [2.75, 3.05) is 18.5 Å². The monoisotopic (exact) mass is 495 g/mol. The van der Waals surface area contributed by atoms with Gasteiger partial charge in [0.25, 0.3) is 5.91 Å². The zero-order chi connectivity index (χ0) is 24.9. The average Bonchev–Trinajstić information content (AvgIpc) is 3.22. The number of aromatic nitrogens is 2. The summed E-state index contributed by atoms with van der Waals surface area (Å²) >= 11 is 6.47. The van der Waals surface area contributed by atoms with Gasteiger partial charge >= 0.3 is 0 Å². The number of nitrogens with one attached hydrogen (secondary N) is 1. The van der Waals surface area contributed by atoms with Crippen LogP contribution < -0.4 is 10.1 Å². The van der Waals surface area contributed by atoms with Crippen LogP contribution in [0, 0.1) is 18.8 Å². The van der Waals surface area contributed by atoms with Crippen molar-refractivity contribution in [2.45, 2.75) is 52.7 Å². The highest BCUT2D eigenvalue weighted by atomic mass is 35.5. The molecule has 0 spiro atoms. The van der Waals surface area contributed by atoms with Gasteiger partial charge in [-0.3, -0.25) is 9.48 Å². The van der Waals surface area contributed by atoms with Gasteiger partial charge in [-0.2, -0.15) is 5.10 Å². The van der Waals surface area contributed by atoms with E-state index < -0.39 is 0 Å². The van der Waals surface area contributed by atoms with Crippen LogP contribution in [0.1, 0.15) is 56.0 Å². The van der Waals surface area contributed by atoms with E-state index in [9.17, 15) is 4.79 Å². The smallest absolute Gasteiger partial charge is 0.262 e. The highest BCUT2D eigenvalue weighted by Crippen LogP contribution is 2.44. The maximum atomic E-state index is 12.3. The molecule has 0 saturated carbocycles. The third-order valence-electron chi connectivity index (χ3n) is 6.75. The maximum Gasteiger partial charge on any atom is 0.262 e. The molecule has 0 unspecified atom stereocenters. The molecule has 0 aliphatic carbocycles. The zero-order valence-corrected chi connectivity index (χ0v) is 21.6. The molecule has 3 atom stereocenters. The van der Waals surface area contributed by atoms with E-state index in [1.807, 2.05) is 62.5 Å². The average molecular weight is 496 g/mol. The number of carbonyl (C=O) groups is 1. The second-order valence-corrected chi connectivity index (χ2v) is 9.91. The van der Waals surface area contributed by atoms with Gasteiger partial charge in [0, 0.05) is 23.7 Å². The lowest BCUT2D eigenvalue weighted by molar-refractivity contribution is -0.118. The van der Waals surface area contributed by atoms with Crippen LogP contribution in [0.15, 0.2) is 54.7 Å². The van der Waals surface area contributed by atoms with Crippen LogP contribution >= 0.6 is 11.6 Å². The van der Waals surface area contributed by atoms with E-state index in [-0.39, 0.29) is 18.6 Å². The molecule has 4 rings (SSSR count). The first-order chi connectivity index (χ1) is 16.9. The fourth-order valence-corrected chi connectivity index (χ4v) is 5.03. The number of aryl methyl sites for hydroxylation is 2. The summed E-state index contributed by atoms with van der Waals surface area (Å²) in [7, 11) is 0. The van der Waals surface area contributed by atoms with E-state index in [1.54, 1.807) is 4.68 Å². The molecule has 0 radical (unpaired) electrons. The Morgan fingerprint density at radius 1 is 1.23 bits per heavy atom. The quantitative estimate of drug-likeness (QED) is 0.392. The van der Waals surface area contributed by atoms with Gasteiger partial charge in [0.05, 0.1) is 24.1 Å². The van der Waals surface area contributed by atoms with Gasteiger partial charge < -0.3 is 14.8 Å². The van der Waals surface area contributed by atoms with Gasteiger partial charge in [0.15, 0.2) is 6.61 Å². The SMILES string of the molecule is CCn1cc(NC(=O)COc2ccc([C@@H]3OC[C@@H](c4ccccc4Cl)C[C@H]3C(C)C)cc2)c(C)n1. The Morgan fingerprint density at radius 2 is 1.97 bits per heavy atom. The number of amides is 1. The highest BCUT2D eigenvalue weighted by molar-refractivity contribution is 6.31. The number of benzene rings is 2. The van der Waals surface area contributed by atoms with Crippen LogP contribution in [0.25, 0.3) is 0 Å². The minimum absolute atomic E-state index is 0.0177. The van der Waals surface area contributed by atoms with Crippen molar-refractivity contribution in [1.82, 2.24) is 9.78 Å². The van der Waals surface area contributed by atoms with Gasteiger partial charge in [-0.05, 0) is 61.4 Å².